The first-order valence-corrected chi connectivity index (χ1v) is 13.8. The second kappa shape index (κ2) is 10.6. The second-order valence-corrected chi connectivity index (χ2v) is 11.1. The fourth-order valence-electron chi connectivity index (χ4n) is 4.25. The Bertz CT molecular complexity index is 1670. The number of likely N-dealkylation sites (N-methyl/N-ethyl adjacent to an activating group) is 1. The molecule has 0 fully saturated rings. The normalized spacial score (nSPS) is 14.4. The van der Waals surface area contributed by atoms with Gasteiger partial charge in [-0.3, -0.25) is 0 Å². The van der Waals surface area contributed by atoms with Crippen LogP contribution in [0.3, 0.4) is 0 Å². The first kappa shape index (κ1) is 26.0. The lowest BCUT2D eigenvalue weighted by molar-refractivity contribution is 0.0132. The summed E-state index contributed by atoms with van der Waals surface area (Å²) < 4.78 is 41.0. The third-order valence-corrected chi connectivity index (χ3v) is 7.92. The van der Waals surface area contributed by atoms with Crippen molar-refractivity contribution >= 4 is 55.8 Å². The van der Waals surface area contributed by atoms with Gasteiger partial charge in [-0.15, -0.1) is 4.40 Å². The molecule has 4 aromatic rings. The fraction of sp³-hybridized carbons (Fsp3) is 0.143. The summed E-state index contributed by atoms with van der Waals surface area (Å²) in [6.45, 7) is 0.0986. The van der Waals surface area contributed by atoms with Crippen LogP contribution in [0.15, 0.2) is 94.2 Å². The van der Waals surface area contributed by atoms with Gasteiger partial charge < -0.3 is 14.4 Å². The minimum Gasteiger partial charge on any atom is -0.489 e. The second-order valence-electron chi connectivity index (χ2n) is 8.71. The Hall–Kier alpha value is -3.59. The highest BCUT2D eigenvalue weighted by molar-refractivity contribution is 7.90. The molecule has 1 heterocycles. The summed E-state index contributed by atoms with van der Waals surface area (Å²) in [5.74, 6) is 0.228. The molecule has 1 unspecified atom stereocenters. The Labute approximate surface area is 230 Å². The minimum absolute atomic E-state index is 0.00300. The molecule has 7 nitrogen and oxygen atoms in total. The molecule has 0 saturated carbocycles. The molecule has 194 valence electrons. The molecule has 38 heavy (non-hydrogen) atoms. The smallest absolute Gasteiger partial charge is 0.340 e. The monoisotopic (exact) mass is 568 g/mol. The lowest BCUT2D eigenvalue weighted by Gasteiger charge is -2.26. The average Bonchev–Trinajstić information content (AvgIpc) is 3.18. The Kier molecular flexibility index (Phi) is 7.29. The molecule has 0 N–H and O–H groups in total. The van der Waals surface area contributed by atoms with Crippen molar-refractivity contribution in [1.82, 2.24) is 4.90 Å². The van der Waals surface area contributed by atoms with Crippen molar-refractivity contribution in [2.24, 2.45) is 4.40 Å². The quantitative estimate of drug-likeness (QED) is 0.261. The summed E-state index contributed by atoms with van der Waals surface area (Å²) >= 11 is 12.2. The molecule has 10 heteroatoms. The molecule has 1 aliphatic rings. The van der Waals surface area contributed by atoms with Gasteiger partial charge in [-0.25, -0.2) is 4.79 Å². The standard InChI is InChI=1S/C28H22Cl2N2O5S/c1-32(27-23-10-4-5-12-26(23)38(34,35)31-27)16-20(37-28(33)22-14-13-19(29)15-24(22)30)17-36-25-11-6-8-18-7-2-3-9-21(18)25/h2-15,20H,16-17H2,1H3. The molecular weight excluding hydrogens is 547 g/mol. The van der Waals surface area contributed by atoms with Crippen molar-refractivity contribution in [3.63, 3.8) is 0 Å². The minimum atomic E-state index is -3.81. The van der Waals surface area contributed by atoms with Gasteiger partial charge in [0.05, 0.1) is 17.1 Å². The van der Waals surface area contributed by atoms with Crippen LogP contribution in [0, 0.1) is 0 Å². The molecule has 5 rings (SSSR count). The summed E-state index contributed by atoms with van der Waals surface area (Å²) in [6.07, 6.45) is -0.809. The Morgan fingerprint density at radius 3 is 2.53 bits per heavy atom. The summed E-state index contributed by atoms with van der Waals surface area (Å²) in [5.41, 5.74) is 0.635. The number of amidine groups is 1. The van der Waals surface area contributed by atoms with Crippen LogP contribution in [-0.4, -0.2) is 51.4 Å². The van der Waals surface area contributed by atoms with Gasteiger partial charge in [-0.1, -0.05) is 71.7 Å². The van der Waals surface area contributed by atoms with Gasteiger partial charge in [0.2, 0.25) is 0 Å². The maximum atomic E-state index is 13.1. The SMILES string of the molecule is CN(CC(COc1cccc2ccccc12)OC(=O)c1ccc(Cl)cc1Cl)C1=NS(=O)(=O)c2ccccc21. The first-order chi connectivity index (χ1) is 18.2. The number of hydrogen-bond donors (Lipinski definition) is 0. The van der Waals surface area contributed by atoms with Gasteiger partial charge in [0.15, 0.2) is 11.9 Å². The molecule has 0 amide bonds. The van der Waals surface area contributed by atoms with Crippen LogP contribution < -0.4 is 4.74 Å². The largest absolute Gasteiger partial charge is 0.489 e. The summed E-state index contributed by atoms with van der Waals surface area (Å²) in [4.78, 5) is 14.8. The maximum absolute atomic E-state index is 13.1. The van der Waals surface area contributed by atoms with E-state index in [0.29, 0.717) is 16.3 Å². The van der Waals surface area contributed by atoms with Gasteiger partial charge >= 0.3 is 5.97 Å². The van der Waals surface area contributed by atoms with Crippen molar-refractivity contribution in [3.05, 3.63) is 106 Å². The molecule has 0 saturated heterocycles. The number of nitrogens with zero attached hydrogens (tertiary/aromatic N) is 2. The van der Waals surface area contributed by atoms with Crippen molar-refractivity contribution < 1.29 is 22.7 Å². The maximum Gasteiger partial charge on any atom is 0.340 e. The Morgan fingerprint density at radius 2 is 1.71 bits per heavy atom. The van der Waals surface area contributed by atoms with Gasteiger partial charge in [-0.05, 0) is 41.8 Å². The van der Waals surface area contributed by atoms with Crippen molar-refractivity contribution in [2.45, 2.75) is 11.0 Å². The van der Waals surface area contributed by atoms with Crippen molar-refractivity contribution in [3.8, 4) is 5.75 Å². The van der Waals surface area contributed by atoms with E-state index >= 15 is 0 Å². The molecule has 0 aromatic heterocycles. The van der Waals surface area contributed by atoms with Gasteiger partial charge in [0, 0.05) is 23.0 Å². The number of halogens is 2. The van der Waals surface area contributed by atoms with Crippen molar-refractivity contribution in [1.29, 1.82) is 0 Å². The third kappa shape index (κ3) is 5.34. The predicted molar refractivity (Wildman–Crippen MR) is 148 cm³/mol. The summed E-state index contributed by atoms with van der Waals surface area (Å²) in [6, 6.07) is 24.6. The lowest BCUT2D eigenvalue weighted by Crippen LogP contribution is -2.39. The van der Waals surface area contributed by atoms with Crippen LogP contribution >= 0.6 is 23.2 Å². The Balaban J connectivity index is 1.41. The predicted octanol–water partition coefficient (Wildman–Crippen LogP) is 5.83. The van der Waals surface area contributed by atoms with E-state index < -0.39 is 22.1 Å². The molecule has 1 atom stereocenters. The number of sulfonamides is 1. The Morgan fingerprint density at radius 1 is 0.974 bits per heavy atom. The van der Waals surface area contributed by atoms with Gasteiger partial charge in [-0.2, -0.15) is 8.42 Å². The van der Waals surface area contributed by atoms with E-state index in [1.165, 1.54) is 18.2 Å². The number of rotatable bonds is 7. The number of ether oxygens (including phenoxy) is 2. The zero-order valence-corrected chi connectivity index (χ0v) is 22.5. The third-order valence-electron chi connectivity index (χ3n) is 6.05. The molecule has 4 aromatic carbocycles. The van der Waals surface area contributed by atoms with E-state index in [1.54, 1.807) is 36.2 Å². The molecule has 0 radical (unpaired) electrons. The molecule has 0 aliphatic carbocycles. The average molecular weight is 569 g/mol. The van der Waals surface area contributed by atoms with Crippen LogP contribution in [-0.2, 0) is 14.8 Å². The summed E-state index contributed by atoms with van der Waals surface area (Å²) in [7, 11) is -2.13. The van der Waals surface area contributed by atoms with Crippen LogP contribution in [0.25, 0.3) is 10.8 Å². The number of fused-ring (bicyclic) bond motifs is 2. The van der Waals surface area contributed by atoms with E-state index in [-0.39, 0.29) is 34.5 Å². The van der Waals surface area contributed by atoms with Crippen LogP contribution in [0.5, 0.6) is 5.75 Å². The lowest BCUT2D eigenvalue weighted by atomic mass is 10.1. The molecule has 0 bridgehead atoms. The molecular formula is C28H22Cl2N2O5S. The zero-order valence-electron chi connectivity index (χ0n) is 20.2. The highest BCUT2D eigenvalue weighted by Gasteiger charge is 2.32. The number of benzene rings is 4. The number of carbonyl (C=O) groups is 1. The zero-order chi connectivity index (χ0) is 26.9. The van der Waals surface area contributed by atoms with E-state index in [2.05, 4.69) is 4.40 Å². The highest BCUT2D eigenvalue weighted by atomic mass is 35.5. The van der Waals surface area contributed by atoms with E-state index in [4.69, 9.17) is 32.7 Å². The van der Waals surface area contributed by atoms with E-state index in [0.717, 1.165) is 10.8 Å². The highest BCUT2D eigenvalue weighted by Crippen LogP contribution is 2.29. The van der Waals surface area contributed by atoms with Crippen molar-refractivity contribution in [2.75, 3.05) is 20.2 Å². The van der Waals surface area contributed by atoms with Gasteiger partial charge in [0.25, 0.3) is 10.0 Å². The topological polar surface area (TPSA) is 85.3 Å². The number of hydrogen-bond acceptors (Lipinski definition) is 6. The van der Waals surface area contributed by atoms with Crippen LogP contribution in [0.1, 0.15) is 15.9 Å². The summed E-state index contributed by atoms with van der Waals surface area (Å²) in [5, 5.41) is 2.46. The molecule has 1 aliphatic heterocycles. The van der Waals surface area contributed by atoms with E-state index in [1.807, 2.05) is 42.5 Å². The van der Waals surface area contributed by atoms with E-state index in [9.17, 15) is 13.2 Å². The first-order valence-electron chi connectivity index (χ1n) is 11.6. The fourth-order valence-corrected chi connectivity index (χ4v) is 5.99. The number of esters is 1. The van der Waals surface area contributed by atoms with Crippen LogP contribution in [0.4, 0.5) is 0 Å². The molecule has 0 spiro atoms. The number of carbonyl (C=O) groups excluding carboxylic acids is 1. The van der Waals surface area contributed by atoms with Crippen LogP contribution in [0.2, 0.25) is 10.0 Å². The van der Waals surface area contributed by atoms with Gasteiger partial charge in [0.1, 0.15) is 17.3 Å².